The fourth-order valence-corrected chi connectivity index (χ4v) is 4.33. The number of nitrogens with zero attached hydrogens (tertiary/aromatic N) is 2. The lowest BCUT2D eigenvalue weighted by molar-refractivity contribution is -0.145. The van der Waals surface area contributed by atoms with Gasteiger partial charge in [0.2, 0.25) is 0 Å². The molecular formula is C25H33Cl4N3O5. The molecule has 206 valence electrons. The molecule has 0 radical (unpaired) electrons. The number of phenols is 1. The number of aromatic hydroxyl groups is 1. The van der Waals surface area contributed by atoms with E-state index in [1.165, 1.54) is 6.07 Å². The lowest BCUT2D eigenvalue weighted by atomic mass is 10.1. The summed E-state index contributed by atoms with van der Waals surface area (Å²) in [6.45, 7) is 6.73. The molecular weight excluding hydrogens is 564 g/mol. The van der Waals surface area contributed by atoms with E-state index in [9.17, 15) is 14.7 Å². The number of phenolic OH excluding ortho intramolecular Hbond substituents is 1. The van der Waals surface area contributed by atoms with Crippen molar-refractivity contribution in [1.82, 2.24) is 15.1 Å². The number of likely N-dealkylation sites (N-methyl/N-ethyl adjacent to an activating group) is 1. The Bertz CT molecular complexity index is 1020. The van der Waals surface area contributed by atoms with E-state index < -0.39 is 23.7 Å². The predicted octanol–water partition coefficient (Wildman–Crippen LogP) is 4.07. The summed E-state index contributed by atoms with van der Waals surface area (Å²) in [5.74, 6) is -1.64. The standard InChI is InChI=1S/C25H31Cl2N3O5.2ClH/c1-3-34-25(33)20(15-17-7-5-4-6-8-17)28-24(32)18-16-19(26)23(21(27)22(18)31)35-14-13-30-11-9-29(2)10-12-30;;/h4-8,16,20,31H,3,9-15H2,1-2H3,(H,28,32);2*1H. The average Bonchev–Trinajstić information content (AvgIpc) is 2.85. The third-order valence-corrected chi connectivity index (χ3v) is 6.44. The number of amides is 1. The molecule has 2 aromatic carbocycles. The van der Waals surface area contributed by atoms with Crippen molar-refractivity contribution >= 4 is 59.9 Å². The molecule has 2 aromatic rings. The number of carbonyl (C=O) groups excluding carboxylic acids is 2. The summed E-state index contributed by atoms with van der Waals surface area (Å²) in [6.07, 6.45) is 0.223. The fourth-order valence-electron chi connectivity index (χ4n) is 3.77. The molecule has 0 saturated carbocycles. The highest BCUT2D eigenvalue weighted by atomic mass is 35.5. The first-order valence-electron chi connectivity index (χ1n) is 11.6. The molecule has 3 rings (SSSR count). The van der Waals surface area contributed by atoms with Gasteiger partial charge in [-0.05, 0) is 25.6 Å². The minimum atomic E-state index is -0.957. The number of carbonyl (C=O) groups is 2. The summed E-state index contributed by atoms with van der Waals surface area (Å²) >= 11 is 12.7. The second kappa shape index (κ2) is 16.1. The molecule has 8 nitrogen and oxygen atoms in total. The zero-order valence-corrected chi connectivity index (χ0v) is 23.9. The first-order valence-corrected chi connectivity index (χ1v) is 12.3. The van der Waals surface area contributed by atoms with Gasteiger partial charge in [-0.25, -0.2) is 4.79 Å². The number of nitrogens with one attached hydrogen (secondary N) is 1. The number of hydrogen-bond donors (Lipinski definition) is 2. The van der Waals surface area contributed by atoms with Gasteiger partial charge in [0.1, 0.15) is 17.7 Å². The van der Waals surface area contributed by atoms with Crippen LogP contribution in [-0.4, -0.2) is 85.8 Å². The summed E-state index contributed by atoms with van der Waals surface area (Å²) < 4.78 is 10.9. The molecule has 1 unspecified atom stereocenters. The zero-order chi connectivity index (χ0) is 25.4. The molecule has 1 atom stereocenters. The number of benzene rings is 2. The van der Waals surface area contributed by atoms with Crippen LogP contribution in [0.5, 0.6) is 11.5 Å². The maximum Gasteiger partial charge on any atom is 0.328 e. The highest BCUT2D eigenvalue weighted by Gasteiger charge is 2.27. The van der Waals surface area contributed by atoms with Gasteiger partial charge in [-0.15, -0.1) is 24.8 Å². The minimum Gasteiger partial charge on any atom is -0.505 e. The van der Waals surface area contributed by atoms with Gasteiger partial charge in [0.15, 0.2) is 11.5 Å². The Balaban J connectivity index is 0.00000342. The Morgan fingerprint density at radius 2 is 1.76 bits per heavy atom. The Morgan fingerprint density at radius 3 is 2.38 bits per heavy atom. The van der Waals surface area contributed by atoms with Gasteiger partial charge >= 0.3 is 5.97 Å². The van der Waals surface area contributed by atoms with Crippen molar-refractivity contribution in [1.29, 1.82) is 0 Å². The monoisotopic (exact) mass is 595 g/mol. The minimum absolute atomic E-state index is 0. The van der Waals surface area contributed by atoms with Crippen molar-refractivity contribution in [3.8, 4) is 11.5 Å². The van der Waals surface area contributed by atoms with Crippen molar-refractivity contribution in [2.75, 3.05) is 53.0 Å². The average molecular weight is 597 g/mol. The van der Waals surface area contributed by atoms with E-state index in [0.29, 0.717) is 13.2 Å². The molecule has 2 N–H and O–H groups in total. The highest BCUT2D eigenvalue weighted by molar-refractivity contribution is 6.39. The van der Waals surface area contributed by atoms with E-state index in [2.05, 4.69) is 22.2 Å². The van der Waals surface area contributed by atoms with Crippen molar-refractivity contribution in [3.05, 3.63) is 57.6 Å². The number of esters is 1. The van der Waals surface area contributed by atoms with E-state index in [1.54, 1.807) is 6.92 Å². The Labute approximate surface area is 240 Å². The van der Waals surface area contributed by atoms with Gasteiger partial charge in [-0.3, -0.25) is 9.69 Å². The van der Waals surface area contributed by atoms with Crippen LogP contribution in [0.3, 0.4) is 0 Å². The number of halogens is 4. The number of rotatable bonds is 10. The molecule has 0 spiro atoms. The third-order valence-electron chi connectivity index (χ3n) is 5.80. The van der Waals surface area contributed by atoms with Crippen LogP contribution in [0.1, 0.15) is 22.8 Å². The van der Waals surface area contributed by atoms with Crippen LogP contribution < -0.4 is 10.1 Å². The molecule has 12 heteroatoms. The second-order valence-corrected chi connectivity index (χ2v) is 9.14. The summed E-state index contributed by atoms with van der Waals surface area (Å²) in [4.78, 5) is 30.0. The van der Waals surface area contributed by atoms with Gasteiger partial charge in [0, 0.05) is 39.1 Å². The smallest absolute Gasteiger partial charge is 0.328 e. The van der Waals surface area contributed by atoms with Gasteiger partial charge in [0.05, 0.1) is 17.2 Å². The maximum atomic E-state index is 13.0. The van der Waals surface area contributed by atoms with Crippen LogP contribution in [0, 0.1) is 0 Å². The molecule has 0 bridgehead atoms. The van der Waals surface area contributed by atoms with Gasteiger partial charge in [-0.1, -0.05) is 53.5 Å². The van der Waals surface area contributed by atoms with E-state index in [4.69, 9.17) is 32.7 Å². The number of piperazine rings is 1. The molecule has 0 aliphatic carbocycles. The van der Waals surface area contributed by atoms with E-state index >= 15 is 0 Å². The molecule has 1 aliphatic rings. The lowest BCUT2D eigenvalue weighted by Gasteiger charge is -2.32. The van der Waals surface area contributed by atoms with Crippen LogP contribution in [0.4, 0.5) is 0 Å². The maximum absolute atomic E-state index is 13.0. The van der Waals surface area contributed by atoms with Crippen LogP contribution in [0.2, 0.25) is 10.0 Å². The largest absolute Gasteiger partial charge is 0.505 e. The molecule has 1 fully saturated rings. The molecule has 1 amide bonds. The third kappa shape index (κ3) is 9.39. The predicted molar refractivity (Wildman–Crippen MR) is 150 cm³/mol. The Morgan fingerprint density at radius 1 is 1.11 bits per heavy atom. The van der Waals surface area contributed by atoms with Gasteiger partial charge < -0.3 is 24.8 Å². The van der Waals surface area contributed by atoms with Crippen LogP contribution in [0.25, 0.3) is 0 Å². The van der Waals surface area contributed by atoms with Crippen molar-refractivity contribution in [3.63, 3.8) is 0 Å². The summed E-state index contributed by atoms with van der Waals surface area (Å²) in [5, 5.41) is 13.2. The van der Waals surface area contributed by atoms with Crippen LogP contribution >= 0.6 is 48.0 Å². The van der Waals surface area contributed by atoms with Crippen LogP contribution in [0.15, 0.2) is 36.4 Å². The molecule has 1 saturated heterocycles. The zero-order valence-electron chi connectivity index (χ0n) is 20.7. The first kappa shape index (κ1) is 33.1. The number of ether oxygens (including phenoxy) is 2. The SMILES string of the molecule is CCOC(=O)C(Cc1ccccc1)NC(=O)c1cc(Cl)c(OCCN2CCN(C)CC2)c(Cl)c1O.Cl.Cl. The van der Waals surface area contributed by atoms with E-state index in [1.807, 2.05) is 30.3 Å². The summed E-state index contributed by atoms with van der Waals surface area (Å²) in [6, 6.07) is 9.56. The fraction of sp³-hybridized carbons (Fsp3) is 0.440. The Hall–Kier alpha value is -1.94. The van der Waals surface area contributed by atoms with Crippen LogP contribution in [-0.2, 0) is 16.0 Å². The first-order chi connectivity index (χ1) is 16.8. The molecule has 37 heavy (non-hydrogen) atoms. The summed E-state index contributed by atoms with van der Waals surface area (Å²) in [5.41, 5.74) is 0.684. The van der Waals surface area contributed by atoms with E-state index in [0.717, 1.165) is 31.7 Å². The molecule has 1 heterocycles. The van der Waals surface area contributed by atoms with Crippen molar-refractivity contribution in [2.45, 2.75) is 19.4 Å². The topological polar surface area (TPSA) is 91.3 Å². The van der Waals surface area contributed by atoms with E-state index in [-0.39, 0.29) is 59.2 Å². The molecule has 1 aliphatic heterocycles. The summed E-state index contributed by atoms with van der Waals surface area (Å²) in [7, 11) is 2.09. The Kier molecular flexibility index (Phi) is 14.4. The van der Waals surface area contributed by atoms with Crippen molar-refractivity contribution < 1.29 is 24.2 Å². The lowest BCUT2D eigenvalue weighted by Crippen LogP contribution is -2.45. The van der Waals surface area contributed by atoms with Gasteiger partial charge in [0.25, 0.3) is 5.91 Å². The second-order valence-electron chi connectivity index (χ2n) is 8.36. The highest BCUT2D eigenvalue weighted by Crippen LogP contribution is 2.42. The van der Waals surface area contributed by atoms with Gasteiger partial charge in [-0.2, -0.15) is 0 Å². The number of hydrogen-bond acceptors (Lipinski definition) is 7. The molecule has 0 aromatic heterocycles. The van der Waals surface area contributed by atoms with Crippen molar-refractivity contribution in [2.24, 2.45) is 0 Å². The quantitative estimate of drug-likeness (QED) is 0.399. The normalized spacial score (nSPS) is 14.6.